The number of methoxy groups -OCH3 is 2. The molecule has 0 bridgehead atoms. The normalized spacial score (nSPS) is 12.0. The zero-order valence-electron chi connectivity index (χ0n) is 15.3. The van der Waals surface area contributed by atoms with Crippen molar-refractivity contribution in [3.05, 3.63) is 53.6 Å². The number of hydrogen-bond acceptors (Lipinski definition) is 4. The summed E-state index contributed by atoms with van der Waals surface area (Å²) < 4.78 is 38.8. The summed E-state index contributed by atoms with van der Waals surface area (Å²) in [5.74, 6) is 0.785. The van der Waals surface area contributed by atoms with Gasteiger partial charge in [-0.3, -0.25) is 0 Å². The van der Waals surface area contributed by atoms with Crippen LogP contribution < -0.4 is 14.2 Å². The van der Waals surface area contributed by atoms with Crippen LogP contribution >= 0.6 is 0 Å². The van der Waals surface area contributed by atoms with Gasteiger partial charge in [-0.1, -0.05) is 29.8 Å². The predicted octanol–water partition coefficient (Wildman–Crippen LogP) is 3.31. The van der Waals surface area contributed by atoms with E-state index in [-0.39, 0.29) is 10.6 Å². The summed E-state index contributed by atoms with van der Waals surface area (Å²) >= 11 is 0. The zero-order chi connectivity index (χ0) is 18.7. The molecule has 0 atom stereocenters. The molecule has 0 aliphatic heterocycles. The summed E-state index contributed by atoms with van der Waals surface area (Å²) in [5.41, 5.74) is 1.59. The molecule has 0 aromatic heterocycles. The Balaban J connectivity index is 2.26. The minimum absolute atomic E-state index is 0.0905. The van der Waals surface area contributed by atoms with Crippen molar-refractivity contribution < 1.29 is 17.9 Å². The summed E-state index contributed by atoms with van der Waals surface area (Å²) in [6, 6.07) is 12.7. The third kappa shape index (κ3) is 4.96. The topological polar surface area (TPSA) is 64.6 Å². The lowest BCUT2D eigenvalue weighted by molar-refractivity contribution is 0.384. The summed E-state index contributed by atoms with van der Waals surface area (Å²) in [5, 5.41) is 0. The fourth-order valence-electron chi connectivity index (χ4n) is 2.67. The van der Waals surface area contributed by atoms with Gasteiger partial charge < -0.3 is 9.47 Å². The Kier molecular flexibility index (Phi) is 5.75. The van der Waals surface area contributed by atoms with E-state index in [1.807, 2.05) is 45.0 Å². The van der Waals surface area contributed by atoms with E-state index in [9.17, 15) is 8.42 Å². The van der Waals surface area contributed by atoms with E-state index in [1.165, 1.54) is 25.8 Å². The highest BCUT2D eigenvalue weighted by Gasteiger charge is 2.29. The molecule has 0 radical (unpaired) electrons. The van der Waals surface area contributed by atoms with Gasteiger partial charge in [0.2, 0.25) is 10.0 Å². The van der Waals surface area contributed by atoms with Gasteiger partial charge >= 0.3 is 0 Å². The highest BCUT2D eigenvalue weighted by molar-refractivity contribution is 7.89. The fraction of sp³-hybridized carbons (Fsp3) is 0.368. The van der Waals surface area contributed by atoms with Gasteiger partial charge in [-0.2, -0.15) is 0 Å². The van der Waals surface area contributed by atoms with E-state index in [1.54, 1.807) is 12.1 Å². The molecule has 0 heterocycles. The number of aryl methyl sites for hydroxylation is 1. The summed E-state index contributed by atoms with van der Waals surface area (Å²) in [6.07, 6.45) is 0.574. The largest absolute Gasteiger partial charge is 0.497 e. The Morgan fingerprint density at radius 3 is 2.20 bits per heavy atom. The maximum absolute atomic E-state index is 12.8. The molecular weight excluding hydrogens is 338 g/mol. The maximum atomic E-state index is 12.8. The third-order valence-electron chi connectivity index (χ3n) is 3.84. The third-order valence-corrected chi connectivity index (χ3v) is 5.58. The first-order chi connectivity index (χ1) is 11.7. The molecule has 5 nitrogen and oxygen atoms in total. The molecular formula is C19H25NO4S. The van der Waals surface area contributed by atoms with Crippen molar-refractivity contribution in [3.63, 3.8) is 0 Å². The molecule has 2 rings (SSSR count). The standard InChI is InChI=1S/C19H25NO4S/c1-14-6-8-15(9-7-14)13-19(2,3)20-25(21,22)18-11-10-16(23-4)12-17(18)24-5/h6-12,20H,13H2,1-5H3. The number of rotatable bonds is 7. The van der Waals surface area contributed by atoms with Gasteiger partial charge in [0, 0.05) is 11.6 Å². The van der Waals surface area contributed by atoms with Crippen molar-refractivity contribution in [1.82, 2.24) is 4.72 Å². The molecule has 0 saturated heterocycles. The number of ether oxygens (including phenoxy) is 2. The average molecular weight is 363 g/mol. The Morgan fingerprint density at radius 2 is 1.64 bits per heavy atom. The van der Waals surface area contributed by atoms with Crippen LogP contribution in [-0.4, -0.2) is 28.2 Å². The smallest absolute Gasteiger partial charge is 0.244 e. The highest BCUT2D eigenvalue weighted by Crippen LogP contribution is 2.29. The molecule has 1 N–H and O–H groups in total. The Bertz CT molecular complexity index is 827. The number of hydrogen-bond donors (Lipinski definition) is 1. The van der Waals surface area contributed by atoms with Crippen LogP contribution in [0.15, 0.2) is 47.4 Å². The van der Waals surface area contributed by atoms with Gasteiger partial charge in [-0.15, -0.1) is 0 Å². The van der Waals surface area contributed by atoms with Gasteiger partial charge in [0.15, 0.2) is 0 Å². The minimum atomic E-state index is -3.74. The second-order valence-corrected chi connectivity index (χ2v) is 8.32. The molecule has 2 aromatic rings. The van der Waals surface area contributed by atoms with Crippen molar-refractivity contribution >= 4 is 10.0 Å². The summed E-state index contributed by atoms with van der Waals surface area (Å²) in [6.45, 7) is 5.74. The van der Waals surface area contributed by atoms with E-state index in [0.717, 1.165) is 5.56 Å². The van der Waals surface area contributed by atoms with Gasteiger partial charge in [0.05, 0.1) is 14.2 Å². The van der Waals surface area contributed by atoms with Crippen LogP contribution in [0.4, 0.5) is 0 Å². The SMILES string of the molecule is COc1ccc(S(=O)(=O)NC(C)(C)Cc2ccc(C)cc2)c(OC)c1. The first-order valence-corrected chi connectivity index (χ1v) is 9.47. The Labute approximate surface area is 150 Å². The lowest BCUT2D eigenvalue weighted by atomic mass is 9.96. The number of sulfonamides is 1. The molecule has 0 fully saturated rings. The molecule has 0 aliphatic rings. The molecule has 0 unspecified atom stereocenters. The molecule has 0 amide bonds. The second kappa shape index (κ2) is 7.45. The van der Waals surface area contributed by atoms with Gasteiger partial charge in [-0.25, -0.2) is 13.1 Å². The maximum Gasteiger partial charge on any atom is 0.244 e. The van der Waals surface area contributed by atoms with E-state index >= 15 is 0 Å². The molecule has 136 valence electrons. The van der Waals surface area contributed by atoms with Crippen LogP contribution in [0.3, 0.4) is 0 Å². The molecule has 2 aromatic carbocycles. The lowest BCUT2D eigenvalue weighted by Crippen LogP contribution is -2.45. The molecule has 0 aliphatic carbocycles. The zero-order valence-corrected chi connectivity index (χ0v) is 16.1. The number of nitrogens with one attached hydrogen (secondary N) is 1. The second-order valence-electron chi connectivity index (χ2n) is 6.67. The van der Waals surface area contributed by atoms with Gasteiger partial charge in [-0.05, 0) is 44.9 Å². The van der Waals surface area contributed by atoms with Crippen LogP contribution in [0.1, 0.15) is 25.0 Å². The van der Waals surface area contributed by atoms with Gasteiger partial charge in [0.25, 0.3) is 0 Å². The number of benzene rings is 2. The van der Waals surface area contributed by atoms with Crippen molar-refractivity contribution in [2.75, 3.05) is 14.2 Å². The summed E-state index contributed by atoms with van der Waals surface area (Å²) in [7, 11) is -0.789. The van der Waals surface area contributed by atoms with E-state index < -0.39 is 15.6 Å². The van der Waals surface area contributed by atoms with Crippen molar-refractivity contribution in [3.8, 4) is 11.5 Å². The lowest BCUT2D eigenvalue weighted by Gasteiger charge is -2.26. The van der Waals surface area contributed by atoms with Gasteiger partial charge in [0.1, 0.15) is 16.4 Å². The fourth-order valence-corrected chi connectivity index (χ4v) is 4.23. The van der Waals surface area contributed by atoms with Crippen molar-refractivity contribution in [1.29, 1.82) is 0 Å². The van der Waals surface area contributed by atoms with Crippen LogP contribution in [0.5, 0.6) is 11.5 Å². The monoisotopic (exact) mass is 363 g/mol. The first kappa shape index (κ1) is 19.3. The van der Waals surface area contributed by atoms with Crippen molar-refractivity contribution in [2.24, 2.45) is 0 Å². The minimum Gasteiger partial charge on any atom is -0.497 e. The van der Waals surface area contributed by atoms with E-state index in [4.69, 9.17) is 9.47 Å². The van der Waals surface area contributed by atoms with Crippen molar-refractivity contribution in [2.45, 2.75) is 37.6 Å². The van der Waals surface area contributed by atoms with Crippen LogP contribution in [-0.2, 0) is 16.4 Å². The summed E-state index contributed by atoms with van der Waals surface area (Å²) in [4.78, 5) is 0.0905. The van der Waals surface area contributed by atoms with Crippen LogP contribution in [0, 0.1) is 6.92 Å². The first-order valence-electron chi connectivity index (χ1n) is 7.98. The van der Waals surface area contributed by atoms with E-state index in [2.05, 4.69) is 4.72 Å². The van der Waals surface area contributed by atoms with E-state index in [0.29, 0.717) is 12.2 Å². The predicted molar refractivity (Wildman–Crippen MR) is 98.8 cm³/mol. The Hall–Kier alpha value is -2.05. The quantitative estimate of drug-likeness (QED) is 0.820. The highest BCUT2D eigenvalue weighted by atomic mass is 32.2. The molecule has 0 spiro atoms. The average Bonchev–Trinajstić information content (AvgIpc) is 2.55. The molecule has 25 heavy (non-hydrogen) atoms. The van der Waals surface area contributed by atoms with Crippen LogP contribution in [0.25, 0.3) is 0 Å². The Morgan fingerprint density at radius 1 is 1.00 bits per heavy atom. The molecule has 6 heteroatoms. The molecule has 0 saturated carbocycles. The van der Waals surface area contributed by atoms with Crippen LogP contribution in [0.2, 0.25) is 0 Å².